The van der Waals surface area contributed by atoms with Crippen LogP contribution in [0.25, 0.3) is 0 Å². The molecule has 3 atom stereocenters. The van der Waals surface area contributed by atoms with Crippen molar-refractivity contribution in [3.05, 3.63) is 70.8 Å². The maximum absolute atomic E-state index is 14.7. The predicted molar refractivity (Wildman–Crippen MR) is 185 cm³/mol. The molecule has 254 valence electrons. The number of rotatable bonds is 12. The Balaban J connectivity index is 2.72. The lowest BCUT2D eigenvalue weighted by Gasteiger charge is -2.45. The van der Waals surface area contributed by atoms with E-state index in [1.54, 1.807) is 41.5 Å². The van der Waals surface area contributed by atoms with Gasteiger partial charge in [-0.05, 0) is 97.9 Å². The first-order valence-electron chi connectivity index (χ1n) is 15.8. The average molecular weight is 656 g/mol. The summed E-state index contributed by atoms with van der Waals surface area (Å²) in [7, 11) is 0. The van der Waals surface area contributed by atoms with Crippen LogP contribution in [0.4, 0.5) is 4.79 Å². The number of alkyl carbamates (subject to hydrolysis) is 1. The Bertz CT molecular complexity index is 1340. The smallest absolute Gasteiger partial charge is 0.408 e. The van der Waals surface area contributed by atoms with E-state index in [4.69, 9.17) is 9.47 Å². The molecule has 10 heteroatoms. The van der Waals surface area contributed by atoms with Crippen molar-refractivity contribution in [2.24, 2.45) is 0 Å². The summed E-state index contributed by atoms with van der Waals surface area (Å²) in [5, 5.41) is 5.62. The number of benzene rings is 2. The summed E-state index contributed by atoms with van der Waals surface area (Å²) >= 11 is 4.41. The van der Waals surface area contributed by atoms with Crippen LogP contribution in [0, 0.1) is 13.8 Å². The molecule has 0 aliphatic rings. The van der Waals surface area contributed by atoms with Crippen molar-refractivity contribution < 1.29 is 28.7 Å². The van der Waals surface area contributed by atoms with E-state index in [0.29, 0.717) is 12.0 Å². The minimum Gasteiger partial charge on any atom is -0.458 e. The van der Waals surface area contributed by atoms with Gasteiger partial charge in [-0.25, -0.2) is 9.59 Å². The Morgan fingerprint density at radius 3 is 1.80 bits per heavy atom. The first-order chi connectivity index (χ1) is 21.2. The Hall–Kier alpha value is -3.53. The number of aryl methyl sites for hydroxylation is 2. The third-order valence-electron chi connectivity index (χ3n) is 7.54. The van der Waals surface area contributed by atoms with Crippen LogP contribution in [-0.2, 0) is 30.3 Å². The molecular weight excluding hydrogens is 602 g/mol. The van der Waals surface area contributed by atoms with E-state index in [-0.39, 0.29) is 12.2 Å². The maximum Gasteiger partial charge on any atom is 0.408 e. The highest BCUT2D eigenvalue weighted by Gasteiger charge is 2.44. The van der Waals surface area contributed by atoms with Crippen LogP contribution >= 0.6 is 12.6 Å². The molecule has 0 saturated carbocycles. The SMILES string of the molecule is CCC(C)(C)N(C(=O)C(CS)NC(=O)OC(C)(C)C)C(C(=O)NC(Cc1ccccc1)C(=O)OC(C)(C)C)c1c(C)cccc1C. The highest BCUT2D eigenvalue weighted by molar-refractivity contribution is 7.80. The van der Waals surface area contributed by atoms with Crippen molar-refractivity contribution in [3.63, 3.8) is 0 Å². The van der Waals surface area contributed by atoms with Crippen LogP contribution in [0.5, 0.6) is 0 Å². The number of nitrogens with one attached hydrogen (secondary N) is 2. The second-order valence-corrected chi connectivity index (χ2v) is 14.6. The molecule has 3 unspecified atom stereocenters. The molecular formula is C36H53N3O6S. The zero-order valence-electron chi connectivity index (χ0n) is 29.3. The van der Waals surface area contributed by atoms with Gasteiger partial charge in [0.15, 0.2) is 0 Å². The molecule has 0 aliphatic heterocycles. The van der Waals surface area contributed by atoms with Gasteiger partial charge >= 0.3 is 12.1 Å². The third kappa shape index (κ3) is 11.1. The molecule has 2 aromatic carbocycles. The lowest BCUT2D eigenvalue weighted by atomic mass is 9.88. The number of hydrogen-bond donors (Lipinski definition) is 3. The Labute approximate surface area is 280 Å². The van der Waals surface area contributed by atoms with Gasteiger partial charge in [-0.15, -0.1) is 0 Å². The molecule has 0 saturated heterocycles. The summed E-state index contributed by atoms with van der Waals surface area (Å²) in [6, 6.07) is 11.7. The molecule has 0 bridgehead atoms. The van der Waals surface area contributed by atoms with Crippen LogP contribution < -0.4 is 10.6 Å². The number of ether oxygens (including phenoxy) is 2. The quantitative estimate of drug-likeness (QED) is 0.184. The fourth-order valence-electron chi connectivity index (χ4n) is 5.05. The number of carbonyl (C=O) groups excluding carboxylic acids is 4. The maximum atomic E-state index is 14.7. The van der Waals surface area contributed by atoms with Crippen LogP contribution in [0.3, 0.4) is 0 Å². The second kappa shape index (κ2) is 15.8. The van der Waals surface area contributed by atoms with E-state index in [1.165, 1.54) is 4.90 Å². The zero-order valence-corrected chi connectivity index (χ0v) is 30.2. The summed E-state index contributed by atoms with van der Waals surface area (Å²) in [5.41, 5.74) is 0.613. The molecule has 0 heterocycles. The van der Waals surface area contributed by atoms with Crippen molar-refractivity contribution in [3.8, 4) is 0 Å². The number of esters is 1. The van der Waals surface area contributed by atoms with Crippen LogP contribution in [-0.4, -0.2) is 63.4 Å². The monoisotopic (exact) mass is 655 g/mol. The minimum absolute atomic E-state index is 0.0377. The van der Waals surface area contributed by atoms with Gasteiger partial charge in [0.2, 0.25) is 11.8 Å². The first-order valence-corrected chi connectivity index (χ1v) is 16.4. The summed E-state index contributed by atoms with van der Waals surface area (Å²) in [6.45, 7) is 19.9. The van der Waals surface area contributed by atoms with Gasteiger partial charge in [-0.2, -0.15) is 12.6 Å². The predicted octanol–water partition coefficient (Wildman–Crippen LogP) is 6.25. The van der Waals surface area contributed by atoms with E-state index < -0.39 is 58.7 Å². The van der Waals surface area contributed by atoms with Gasteiger partial charge in [-0.1, -0.05) is 55.5 Å². The largest absolute Gasteiger partial charge is 0.458 e. The number of amides is 3. The molecule has 2 rings (SSSR count). The van der Waals surface area contributed by atoms with Crippen LogP contribution in [0.1, 0.15) is 97.0 Å². The summed E-state index contributed by atoms with van der Waals surface area (Å²) < 4.78 is 11.2. The summed E-state index contributed by atoms with van der Waals surface area (Å²) in [4.78, 5) is 57.1. The zero-order chi connectivity index (χ0) is 35.0. The van der Waals surface area contributed by atoms with Crippen molar-refractivity contribution in [2.75, 3.05) is 5.75 Å². The van der Waals surface area contributed by atoms with E-state index in [1.807, 2.05) is 83.1 Å². The van der Waals surface area contributed by atoms with Gasteiger partial charge in [0.05, 0.1) is 0 Å². The topological polar surface area (TPSA) is 114 Å². The molecule has 0 aliphatic carbocycles. The molecule has 2 N–H and O–H groups in total. The first kappa shape index (κ1) is 38.7. The summed E-state index contributed by atoms with van der Waals surface area (Å²) in [6.07, 6.45) is -0.0976. The standard InChI is InChI=1S/C36H53N3O6S/c1-12-36(10,11)39(31(41)27(22-46)38-33(43)45-35(7,8)9)29(28-23(2)17-16-18-24(28)3)30(40)37-26(32(42)44-34(4,5)6)21-25-19-14-13-15-20-25/h13-20,26-27,29,46H,12,21-22H2,1-11H3,(H,37,40)(H,38,43). The summed E-state index contributed by atoms with van der Waals surface area (Å²) in [5.74, 6) is -1.68. The fraction of sp³-hybridized carbons (Fsp3) is 0.556. The highest BCUT2D eigenvalue weighted by Crippen LogP contribution is 2.35. The minimum atomic E-state index is -1.16. The van der Waals surface area contributed by atoms with Crippen LogP contribution in [0.15, 0.2) is 48.5 Å². The van der Waals surface area contributed by atoms with Crippen molar-refractivity contribution in [1.29, 1.82) is 0 Å². The molecule has 0 aromatic heterocycles. The number of carbonyl (C=O) groups is 4. The third-order valence-corrected chi connectivity index (χ3v) is 7.90. The van der Waals surface area contributed by atoms with E-state index >= 15 is 0 Å². The van der Waals surface area contributed by atoms with Gasteiger partial charge in [-0.3, -0.25) is 9.59 Å². The molecule has 0 radical (unpaired) electrons. The fourth-order valence-corrected chi connectivity index (χ4v) is 5.30. The Kier molecular flexibility index (Phi) is 13.3. The van der Waals surface area contributed by atoms with E-state index in [0.717, 1.165) is 16.7 Å². The molecule has 9 nitrogen and oxygen atoms in total. The molecule has 0 spiro atoms. The van der Waals surface area contributed by atoms with Gasteiger partial charge in [0, 0.05) is 17.7 Å². The van der Waals surface area contributed by atoms with Gasteiger partial charge in [0.25, 0.3) is 0 Å². The van der Waals surface area contributed by atoms with Crippen LogP contribution in [0.2, 0.25) is 0 Å². The van der Waals surface area contributed by atoms with E-state index in [2.05, 4.69) is 23.3 Å². The number of thiol groups is 1. The van der Waals surface area contributed by atoms with Gasteiger partial charge in [0.1, 0.15) is 29.3 Å². The lowest BCUT2D eigenvalue weighted by Crippen LogP contribution is -2.61. The van der Waals surface area contributed by atoms with Crippen molar-refractivity contribution in [2.45, 2.75) is 124 Å². The van der Waals surface area contributed by atoms with Gasteiger partial charge < -0.3 is 25.0 Å². The molecule has 2 aromatic rings. The van der Waals surface area contributed by atoms with Crippen molar-refractivity contribution in [1.82, 2.24) is 15.5 Å². The molecule has 46 heavy (non-hydrogen) atoms. The highest BCUT2D eigenvalue weighted by atomic mass is 32.1. The molecule has 3 amide bonds. The molecule has 0 fully saturated rings. The number of nitrogens with zero attached hydrogens (tertiary/aromatic N) is 1. The van der Waals surface area contributed by atoms with E-state index in [9.17, 15) is 19.2 Å². The second-order valence-electron chi connectivity index (χ2n) is 14.2. The normalized spacial score (nSPS) is 14.0. The Morgan fingerprint density at radius 1 is 0.783 bits per heavy atom. The number of hydrogen-bond acceptors (Lipinski definition) is 7. The van der Waals surface area contributed by atoms with Crippen molar-refractivity contribution >= 4 is 36.5 Å². The Morgan fingerprint density at radius 2 is 1.33 bits per heavy atom. The average Bonchev–Trinajstić information content (AvgIpc) is 2.93. The lowest BCUT2D eigenvalue weighted by molar-refractivity contribution is -0.159.